The van der Waals surface area contributed by atoms with Crippen LogP contribution in [0.1, 0.15) is 50.4 Å². The van der Waals surface area contributed by atoms with Crippen molar-refractivity contribution >= 4 is 23.4 Å². The van der Waals surface area contributed by atoms with Crippen molar-refractivity contribution in [1.29, 1.82) is 0 Å². The largest absolute Gasteiger partial charge is 0.478 e. The third-order valence-corrected chi connectivity index (χ3v) is 2.99. The first kappa shape index (κ1) is 16.9. The van der Waals surface area contributed by atoms with Crippen LogP contribution in [0.4, 0.5) is 11.5 Å². The minimum atomic E-state index is -1.04. The van der Waals surface area contributed by atoms with Gasteiger partial charge in [-0.05, 0) is 18.9 Å². The van der Waals surface area contributed by atoms with Crippen molar-refractivity contribution in [1.82, 2.24) is 4.98 Å². The van der Waals surface area contributed by atoms with Gasteiger partial charge in [-0.2, -0.15) is 0 Å². The Morgan fingerprint density at radius 1 is 1.24 bits per heavy atom. The van der Waals surface area contributed by atoms with Gasteiger partial charge in [0, 0.05) is 19.5 Å². The van der Waals surface area contributed by atoms with Gasteiger partial charge in [-0.3, -0.25) is 4.79 Å². The molecule has 0 saturated carbocycles. The number of carbonyl (C=O) groups is 2. The molecule has 0 spiro atoms. The maximum atomic E-state index is 11.5. The van der Waals surface area contributed by atoms with Crippen LogP contribution >= 0.6 is 0 Å². The van der Waals surface area contributed by atoms with Crippen LogP contribution in [0.5, 0.6) is 0 Å². The van der Waals surface area contributed by atoms with Gasteiger partial charge in [0.15, 0.2) is 0 Å². The first-order valence-corrected chi connectivity index (χ1v) is 7.31. The molecule has 1 aromatic rings. The third kappa shape index (κ3) is 4.73. The summed E-state index contributed by atoms with van der Waals surface area (Å²) in [6, 6.07) is 1.47. The van der Waals surface area contributed by atoms with E-state index in [2.05, 4.69) is 10.3 Å². The summed E-state index contributed by atoms with van der Waals surface area (Å²) in [5.41, 5.74) is 0.529. The molecule has 6 heteroatoms. The second-order valence-electron chi connectivity index (χ2n) is 4.79. The Morgan fingerprint density at radius 3 is 2.33 bits per heavy atom. The maximum absolute atomic E-state index is 11.5. The predicted octanol–water partition coefficient (Wildman–Crippen LogP) is 2.75. The molecule has 0 bridgehead atoms. The van der Waals surface area contributed by atoms with Gasteiger partial charge < -0.3 is 15.3 Å². The fourth-order valence-electron chi connectivity index (χ4n) is 2.05. The maximum Gasteiger partial charge on any atom is 0.339 e. The summed E-state index contributed by atoms with van der Waals surface area (Å²) in [6.07, 6.45) is 3.67. The fourth-order valence-corrected chi connectivity index (χ4v) is 2.05. The zero-order valence-electron chi connectivity index (χ0n) is 12.8. The SMILES string of the molecule is CCCN(CCC)c1ncc(NC(=O)CC)cc1C(=O)O. The number of nitrogens with one attached hydrogen (secondary N) is 1. The minimum absolute atomic E-state index is 0.116. The third-order valence-electron chi connectivity index (χ3n) is 2.99. The molecule has 1 amide bonds. The molecule has 0 fully saturated rings. The monoisotopic (exact) mass is 293 g/mol. The van der Waals surface area contributed by atoms with Gasteiger partial charge in [0.25, 0.3) is 0 Å². The molecular formula is C15H23N3O3. The van der Waals surface area contributed by atoms with Gasteiger partial charge in [0.2, 0.25) is 5.91 Å². The number of hydrogen-bond donors (Lipinski definition) is 2. The molecule has 2 N–H and O–H groups in total. The average molecular weight is 293 g/mol. The number of anilines is 2. The number of carbonyl (C=O) groups excluding carboxylic acids is 1. The zero-order chi connectivity index (χ0) is 15.8. The van der Waals surface area contributed by atoms with Crippen molar-refractivity contribution in [3.8, 4) is 0 Å². The minimum Gasteiger partial charge on any atom is -0.478 e. The molecule has 116 valence electrons. The van der Waals surface area contributed by atoms with E-state index in [9.17, 15) is 14.7 Å². The lowest BCUT2D eigenvalue weighted by atomic mass is 10.2. The van der Waals surface area contributed by atoms with Gasteiger partial charge in [-0.15, -0.1) is 0 Å². The molecule has 0 unspecified atom stereocenters. The van der Waals surface area contributed by atoms with Crippen molar-refractivity contribution in [2.45, 2.75) is 40.0 Å². The van der Waals surface area contributed by atoms with Crippen LogP contribution in [0.25, 0.3) is 0 Å². The fraction of sp³-hybridized carbons (Fsp3) is 0.533. The summed E-state index contributed by atoms with van der Waals surface area (Å²) in [4.78, 5) is 29.1. The van der Waals surface area contributed by atoms with Crippen LogP contribution in [0.2, 0.25) is 0 Å². The van der Waals surface area contributed by atoms with E-state index in [1.807, 2.05) is 18.7 Å². The van der Waals surface area contributed by atoms with Crippen molar-refractivity contribution in [2.24, 2.45) is 0 Å². The van der Waals surface area contributed by atoms with Crippen LogP contribution in [0, 0.1) is 0 Å². The molecule has 6 nitrogen and oxygen atoms in total. The van der Waals surface area contributed by atoms with Crippen molar-refractivity contribution in [3.05, 3.63) is 17.8 Å². The molecule has 0 aliphatic heterocycles. The van der Waals surface area contributed by atoms with E-state index in [4.69, 9.17) is 0 Å². The number of rotatable bonds is 8. The van der Waals surface area contributed by atoms with Crippen molar-refractivity contribution in [2.75, 3.05) is 23.3 Å². The van der Waals surface area contributed by atoms with E-state index in [0.717, 1.165) is 25.9 Å². The Kier molecular flexibility index (Phi) is 6.65. The normalized spacial score (nSPS) is 10.2. The molecule has 1 aromatic heterocycles. The number of hydrogen-bond acceptors (Lipinski definition) is 4. The van der Waals surface area contributed by atoms with E-state index in [1.165, 1.54) is 12.3 Å². The summed E-state index contributed by atoms with van der Waals surface area (Å²) in [5, 5.41) is 12.0. The summed E-state index contributed by atoms with van der Waals surface area (Å²) >= 11 is 0. The number of pyridine rings is 1. The Balaban J connectivity index is 3.13. The lowest BCUT2D eigenvalue weighted by Gasteiger charge is -2.24. The van der Waals surface area contributed by atoms with Crippen LogP contribution < -0.4 is 10.2 Å². The second-order valence-corrected chi connectivity index (χ2v) is 4.79. The van der Waals surface area contributed by atoms with Gasteiger partial charge in [0.05, 0.1) is 11.9 Å². The van der Waals surface area contributed by atoms with Crippen LogP contribution in [-0.2, 0) is 4.79 Å². The number of amides is 1. The summed E-state index contributed by atoms with van der Waals surface area (Å²) < 4.78 is 0. The number of nitrogens with zero attached hydrogens (tertiary/aromatic N) is 2. The van der Waals surface area contributed by atoms with Gasteiger partial charge in [-0.25, -0.2) is 9.78 Å². The van der Waals surface area contributed by atoms with Crippen LogP contribution in [0.3, 0.4) is 0 Å². The molecule has 0 saturated heterocycles. The Morgan fingerprint density at radius 2 is 1.86 bits per heavy atom. The highest BCUT2D eigenvalue weighted by molar-refractivity contribution is 5.96. The molecule has 1 heterocycles. The van der Waals surface area contributed by atoms with Crippen molar-refractivity contribution in [3.63, 3.8) is 0 Å². The molecule has 0 aliphatic carbocycles. The van der Waals surface area contributed by atoms with E-state index < -0.39 is 5.97 Å². The lowest BCUT2D eigenvalue weighted by molar-refractivity contribution is -0.115. The Hall–Kier alpha value is -2.11. The van der Waals surface area contributed by atoms with Crippen LogP contribution in [-0.4, -0.2) is 35.1 Å². The molecule has 0 atom stereocenters. The number of carboxylic acids is 1. The standard InChI is InChI=1S/C15H23N3O3/c1-4-7-18(8-5-2)14-12(15(20)21)9-11(10-16-14)17-13(19)6-3/h9-10H,4-8H2,1-3H3,(H,17,19)(H,20,21). The molecule has 0 aliphatic rings. The first-order valence-electron chi connectivity index (χ1n) is 7.31. The lowest BCUT2D eigenvalue weighted by Crippen LogP contribution is -2.28. The van der Waals surface area contributed by atoms with Crippen molar-refractivity contribution < 1.29 is 14.7 Å². The first-order chi connectivity index (χ1) is 10.0. The predicted molar refractivity (Wildman–Crippen MR) is 82.9 cm³/mol. The van der Waals surface area contributed by atoms with Gasteiger partial charge >= 0.3 is 5.97 Å². The van der Waals surface area contributed by atoms with E-state index in [1.54, 1.807) is 6.92 Å². The average Bonchev–Trinajstić information content (AvgIpc) is 2.46. The van der Waals surface area contributed by atoms with Crippen LogP contribution in [0.15, 0.2) is 12.3 Å². The summed E-state index contributed by atoms with van der Waals surface area (Å²) in [7, 11) is 0. The molecular weight excluding hydrogens is 270 g/mol. The zero-order valence-corrected chi connectivity index (χ0v) is 12.8. The number of carboxylic acid groups (broad SMARTS) is 1. The quantitative estimate of drug-likeness (QED) is 0.770. The van der Waals surface area contributed by atoms with Gasteiger partial charge in [0.1, 0.15) is 11.4 Å². The molecule has 21 heavy (non-hydrogen) atoms. The molecule has 0 aromatic carbocycles. The van der Waals surface area contributed by atoms with Gasteiger partial charge in [-0.1, -0.05) is 20.8 Å². The summed E-state index contributed by atoms with van der Waals surface area (Å²) in [6.45, 7) is 7.32. The highest BCUT2D eigenvalue weighted by Crippen LogP contribution is 2.22. The summed E-state index contributed by atoms with van der Waals surface area (Å²) in [5.74, 6) is -0.747. The van der Waals surface area contributed by atoms with E-state index >= 15 is 0 Å². The van der Waals surface area contributed by atoms with E-state index in [-0.39, 0.29) is 11.5 Å². The molecule has 0 radical (unpaired) electrons. The van der Waals surface area contributed by atoms with E-state index in [0.29, 0.717) is 17.9 Å². The Bertz CT molecular complexity index is 497. The second kappa shape index (κ2) is 8.24. The Labute approximate surface area is 125 Å². The molecule has 1 rings (SSSR count). The smallest absolute Gasteiger partial charge is 0.339 e. The number of aromatic nitrogens is 1. The highest BCUT2D eigenvalue weighted by Gasteiger charge is 2.18. The topological polar surface area (TPSA) is 82.5 Å². The highest BCUT2D eigenvalue weighted by atomic mass is 16.4. The number of aromatic carboxylic acids is 1.